The highest BCUT2D eigenvalue weighted by atomic mass is 35.5. The van der Waals surface area contributed by atoms with E-state index in [9.17, 15) is 8.42 Å². The van der Waals surface area contributed by atoms with Gasteiger partial charge in [-0.3, -0.25) is 9.88 Å². The molecule has 1 saturated carbocycles. The molecular weight excluding hydrogens is 455 g/mol. The van der Waals surface area contributed by atoms with E-state index < -0.39 is 10.0 Å². The molecule has 1 saturated heterocycles. The number of pyridine rings is 1. The van der Waals surface area contributed by atoms with Gasteiger partial charge in [-0.05, 0) is 55.9 Å². The van der Waals surface area contributed by atoms with Crippen LogP contribution in [0.1, 0.15) is 25.7 Å². The van der Waals surface area contributed by atoms with Crippen molar-refractivity contribution in [1.29, 1.82) is 0 Å². The lowest BCUT2D eigenvalue weighted by molar-refractivity contribution is 0.184. The highest BCUT2D eigenvalue weighted by Crippen LogP contribution is 2.33. The van der Waals surface area contributed by atoms with E-state index in [1.807, 2.05) is 18.2 Å². The number of hydrogen-bond donors (Lipinski definition) is 1. The van der Waals surface area contributed by atoms with E-state index in [2.05, 4.69) is 19.5 Å². The molecule has 9 heteroatoms. The van der Waals surface area contributed by atoms with Crippen LogP contribution in [-0.4, -0.2) is 57.1 Å². The molecule has 1 aliphatic carbocycles. The largest absolute Gasteiger partial charge is 0.368 e. The van der Waals surface area contributed by atoms with Crippen LogP contribution >= 0.6 is 23.2 Å². The van der Waals surface area contributed by atoms with Crippen LogP contribution in [0.25, 0.3) is 0 Å². The maximum Gasteiger partial charge on any atom is 0.242 e. The number of sulfonamides is 1. The first kappa shape index (κ1) is 22.8. The van der Waals surface area contributed by atoms with Gasteiger partial charge in [-0.1, -0.05) is 29.3 Å². The fourth-order valence-electron chi connectivity index (χ4n) is 4.53. The molecule has 0 amide bonds. The molecule has 1 aromatic heterocycles. The van der Waals surface area contributed by atoms with E-state index in [0.29, 0.717) is 16.0 Å². The Morgan fingerprint density at radius 2 is 1.74 bits per heavy atom. The van der Waals surface area contributed by atoms with Gasteiger partial charge in [0.2, 0.25) is 10.0 Å². The number of nitrogens with one attached hydrogen (secondary N) is 1. The smallest absolute Gasteiger partial charge is 0.242 e. The van der Waals surface area contributed by atoms with Gasteiger partial charge in [0.15, 0.2) is 0 Å². The van der Waals surface area contributed by atoms with Crippen LogP contribution in [0.5, 0.6) is 0 Å². The van der Waals surface area contributed by atoms with Crippen molar-refractivity contribution in [1.82, 2.24) is 14.6 Å². The molecule has 0 radical (unpaired) electrons. The lowest BCUT2D eigenvalue weighted by Gasteiger charge is -2.39. The standard InChI is InChI=1S/C22H28Cl2N4O2S/c23-20-4-1-5-21(22(20)24)28-13-11-27(12-14-28)16-17-6-8-18(9-7-17)26-31(29,30)19-3-2-10-25-15-19/h1-5,10,15,17-18,26H,6-9,11-14,16H2. The predicted octanol–water partition coefficient (Wildman–Crippen LogP) is 4.05. The van der Waals surface area contributed by atoms with E-state index in [0.717, 1.165) is 64.1 Å². The maximum atomic E-state index is 12.5. The summed E-state index contributed by atoms with van der Waals surface area (Å²) in [4.78, 5) is 8.96. The fraction of sp³-hybridized carbons (Fsp3) is 0.500. The number of nitrogens with zero attached hydrogens (tertiary/aromatic N) is 3. The fourth-order valence-corrected chi connectivity index (χ4v) is 6.21. The number of halogens is 2. The topological polar surface area (TPSA) is 65.5 Å². The molecule has 0 unspecified atom stereocenters. The lowest BCUT2D eigenvalue weighted by Crippen LogP contribution is -2.48. The highest BCUT2D eigenvalue weighted by molar-refractivity contribution is 7.89. The molecule has 2 aliphatic rings. The van der Waals surface area contributed by atoms with Crippen molar-refractivity contribution in [2.45, 2.75) is 36.6 Å². The second kappa shape index (κ2) is 10.0. The molecule has 0 atom stereocenters. The molecule has 1 N–H and O–H groups in total. The van der Waals surface area contributed by atoms with Crippen molar-refractivity contribution in [3.63, 3.8) is 0 Å². The Balaban J connectivity index is 1.23. The van der Waals surface area contributed by atoms with E-state index >= 15 is 0 Å². The molecule has 0 spiro atoms. The Morgan fingerprint density at radius 3 is 2.42 bits per heavy atom. The minimum Gasteiger partial charge on any atom is -0.368 e. The van der Waals surface area contributed by atoms with E-state index in [1.54, 1.807) is 18.3 Å². The van der Waals surface area contributed by atoms with E-state index in [4.69, 9.17) is 23.2 Å². The van der Waals surface area contributed by atoms with Gasteiger partial charge in [-0.15, -0.1) is 0 Å². The van der Waals surface area contributed by atoms with Crippen LogP contribution in [0.4, 0.5) is 5.69 Å². The summed E-state index contributed by atoms with van der Waals surface area (Å²) < 4.78 is 27.9. The number of piperazine rings is 1. The minimum absolute atomic E-state index is 0.00303. The van der Waals surface area contributed by atoms with E-state index in [1.165, 1.54) is 6.20 Å². The van der Waals surface area contributed by atoms with Crippen molar-refractivity contribution in [2.75, 3.05) is 37.6 Å². The zero-order chi connectivity index (χ0) is 21.8. The van der Waals surface area contributed by atoms with Gasteiger partial charge >= 0.3 is 0 Å². The summed E-state index contributed by atoms with van der Waals surface area (Å²) >= 11 is 12.5. The van der Waals surface area contributed by atoms with E-state index in [-0.39, 0.29) is 10.9 Å². The van der Waals surface area contributed by atoms with Crippen molar-refractivity contribution in [2.24, 2.45) is 5.92 Å². The van der Waals surface area contributed by atoms with Crippen molar-refractivity contribution < 1.29 is 8.42 Å². The average molecular weight is 483 g/mol. The van der Waals surface area contributed by atoms with Gasteiger partial charge in [0.05, 0.1) is 15.7 Å². The Kier molecular flexibility index (Phi) is 7.39. The highest BCUT2D eigenvalue weighted by Gasteiger charge is 2.28. The van der Waals surface area contributed by atoms with Gasteiger partial charge in [-0.25, -0.2) is 13.1 Å². The molecule has 0 bridgehead atoms. The normalized spacial score (nSPS) is 23.1. The second-order valence-electron chi connectivity index (χ2n) is 8.39. The van der Waals surface area contributed by atoms with Crippen LogP contribution in [-0.2, 0) is 10.0 Å². The Bertz CT molecular complexity index is 974. The number of hydrogen-bond acceptors (Lipinski definition) is 5. The number of rotatable bonds is 6. The first-order chi connectivity index (χ1) is 14.9. The summed E-state index contributed by atoms with van der Waals surface area (Å²) in [6.45, 7) is 4.92. The summed E-state index contributed by atoms with van der Waals surface area (Å²) in [6, 6.07) is 9.01. The zero-order valence-corrected chi connectivity index (χ0v) is 19.7. The summed E-state index contributed by atoms with van der Waals surface area (Å²) in [5.74, 6) is 0.612. The molecule has 31 heavy (non-hydrogen) atoms. The third-order valence-corrected chi connectivity index (χ3v) is 8.59. The van der Waals surface area contributed by atoms with Crippen molar-refractivity contribution >= 4 is 38.9 Å². The SMILES string of the molecule is O=S(=O)(NC1CCC(CN2CCN(c3cccc(Cl)c3Cl)CC2)CC1)c1cccnc1. The van der Waals surface area contributed by atoms with Gasteiger partial charge in [0, 0.05) is 51.2 Å². The van der Waals surface area contributed by atoms with Gasteiger partial charge in [0.25, 0.3) is 0 Å². The second-order valence-corrected chi connectivity index (χ2v) is 10.9. The first-order valence-electron chi connectivity index (χ1n) is 10.8. The Morgan fingerprint density at radius 1 is 1.00 bits per heavy atom. The molecule has 2 aromatic rings. The summed E-state index contributed by atoms with van der Waals surface area (Å²) in [5.41, 5.74) is 1.01. The molecular formula is C22H28Cl2N4O2S. The molecule has 1 aliphatic heterocycles. The lowest BCUT2D eigenvalue weighted by atomic mass is 9.86. The molecule has 2 heterocycles. The molecule has 168 valence electrons. The number of aromatic nitrogens is 1. The zero-order valence-electron chi connectivity index (χ0n) is 17.4. The van der Waals surface area contributed by atoms with Crippen LogP contribution < -0.4 is 9.62 Å². The Labute approximate surface area is 194 Å². The third kappa shape index (κ3) is 5.71. The van der Waals surface area contributed by atoms with Crippen molar-refractivity contribution in [3.05, 3.63) is 52.8 Å². The first-order valence-corrected chi connectivity index (χ1v) is 13.0. The molecule has 2 fully saturated rings. The van der Waals surface area contributed by atoms with Gasteiger partial charge in [-0.2, -0.15) is 0 Å². The van der Waals surface area contributed by atoms with Gasteiger partial charge in [0.1, 0.15) is 4.90 Å². The Hall–Kier alpha value is -1.38. The minimum atomic E-state index is -3.49. The molecule has 4 rings (SSSR count). The predicted molar refractivity (Wildman–Crippen MR) is 125 cm³/mol. The van der Waals surface area contributed by atoms with Crippen LogP contribution in [0, 0.1) is 5.92 Å². The summed E-state index contributed by atoms with van der Waals surface area (Å²) in [7, 11) is -3.49. The molecule has 6 nitrogen and oxygen atoms in total. The number of benzene rings is 1. The third-order valence-electron chi connectivity index (χ3n) is 6.27. The van der Waals surface area contributed by atoms with Crippen LogP contribution in [0.2, 0.25) is 10.0 Å². The average Bonchev–Trinajstić information content (AvgIpc) is 2.78. The summed E-state index contributed by atoms with van der Waals surface area (Å²) in [6.07, 6.45) is 6.81. The van der Waals surface area contributed by atoms with Crippen molar-refractivity contribution in [3.8, 4) is 0 Å². The quantitative estimate of drug-likeness (QED) is 0.672. The maximum absolute atomic E-state index is 12.5. The summed E-state index contributed by atoms with van der Waals surface area (Å²) in [5, 5.41) is 1.22. The van der Waals surface area contributed by atoms with Crippen LogP contribution in [0.15, 0.2) is 47.6 Å². The monoisotopic (exact) mass is 482 g/mol. The van der Waals surface area contributed by atoms with Crippen LogP contribution in [0.3, 0.4) is 0 Å². The molecule has 1 aromatic carbocycles. The number of anilines is 1. The van der Waals surface area contributed by atoms with Gasteiger partial charge < -0.3 is 4.90 Å².